The third kappa shape index (κ3) is 2.27. The zero-order chi connectivity index (χ0) is 14.9. The van der Waals surface area contributed by atoms with E-state index in [2.05, 4.69) is 13.0 Å². The monoisotopic (exact) mass is 289 g/mol. The highest BCUT2D eigenvalue weighted by Crippen LogP contribution is 2.51. The predicted molar refractivity (Wildman–Crippen MR) is 84.5 cm³/mol. The van der Waals surface area contributed by atoms with Gasteiger partial charge in [0.25, 0.3) is 0 Å². The summed E-state index contributed by atoms with van der Waals surface area (Å²) < 4.78 is 5.79. The Morgan fingerprint density at radius 3 is 2.62 bits per heavy atom. The van der Waals surface area contributed by atoms with E-state index in [0.29, 0.717) is 13.2 Å². The van der Waals surface area contributed by atoms with Gasteiger partial charge in [0.2, 0.25) is 0 Å². The Balaban J connectivity index is 1.98. The van der Waals surface area contributed by atoms with E-state index < -0.39 is 5.60 Å². The molecule has 3 nitrogen and oxygen atoms in total. The minimum atomic E-state index is -0.687. The molecule has 0 saturated heterocycles. The largest absolute Gasteiger partial charge is 0.493 e. The molecule has 1 atom stereocenters. The highest BCUT2D eigenvalue weighted by atomic mass is 16.5. The first kappa shape index (κ1) is 14.9. The standard InChI is InChI=1S/C18H27NO2/c1-2-14-7-9-18(20,10-8-14)17(13-19)11-12-21-16-6-4-3-5-15(16)17/h3-6,14,20H,2,7-13,19H2,1H3. The fraction of sp³-hybridized carbons (Fsp3) is 0.667. The van der Waals surface area contributed by atoms with Crippen LogP contribution >= 0.6 is 0 Å². The predicted octanol–water partition coefficient (Wildman–Crippen LogP) is 3.00. The molecule has 0 radical (unpaired) electrons. The van der Waals surface area contributed by atoms with E-state index in [1.807, 2.05) is 18.2 Å². The molecular formula is C18H27NO2. The third-order valence-electron chi connectivity index (χ3n) is 5.94. The van der Waals surface area contributed by atoms with E-state index >= 15 is 0 Å². The molecule has 1 aromatic carbocycles. The molecule has 0 amide bonds. The number of ether oxygens (including phenoxy) is 1. The molecule has 3 N–H and O–H groups in total. The van der Waals surface area contributed by atoms with Gasteiger partial charge >= 0.3 is 0 Å². The Morgan fingerprint density at radius 2 is 1.95 bits per heavy atom. The van der Waals surface area contributed by atoms with Gasteiger partial charge in [-0.05, 0) is 44.1 Å². The summed E-state index contributed by atoms with van der Waals surface area (Å²) in [4.78, 5) is 0. The molecule has 1 unspecified atom stereocenters. The van der Waals surface area contributed by atoms with Gasteiger partial charge in [0.15, 0.2) is 0 Å². The van der Waals surface area contributed by atoms with Gasteiger partial charge in [-0.15, -0.1) is 0 Å². The SMILES string of the molecule is CCC1CCC(O)(C2(CN)CCOc3ccccc32)CC1. The van der Waals surface area contributed by atoms with Crippen molar-refractivity contribution in [2.75, 3.05) is 13.2 Å². The van der Waals surface area contributed by atoms with Crippen LogP contribution < -0.4 is 10.5 Å². The smallest absolute Gasteiger partial charge is 0.123 e. The fourth-order valence-corrected chi connectivity index (χ4v) is 4.39. The summed E-state index contributed by atoms with van der Waals surface area (Å²) in [5.74, 6) is 1.66. The van der Waals surface area contributed by atoms with Crippen molar-refractivity contribution < 1.29 is 9.84 Å². The van der Waals surface area contributed by atoms with Crippen LogP contribution in [0.2, 0.25) is 0 Å². The Kier molecular flexibility index (Phi) is 3.98. The van der Waals surface area contributed by atoms with Crippen molar-refractivity contribution in [2.24, 2.45) is 11.7 Å². The molecule has 1 saturated carbocycles. The van der Waals surface area contributed by atoms with Crippen LogP contribution in [-0.2, 0) is 5.41 Å². The van der Waals surface area contributed by atoms with Crippen molar-refractivity contribution in [2.45, 2.75) is 56.5 Å². The van der Waals surface area contributed by atoms with Crippen molar-refractivity contribution in [3.63, 3.8) is 0 Å². The molecule has 1 heterocycles. The number of fused-ring (bicyclic) bond motifs is 1. The summed E-state index contributed by atoms with van der Waals surface area (Å²) in [5.41, 5.74) is 6.29. The molecule has 1 aromatic rings. The molecular weight excluding hydrogens is 262 g/mol. The number of nitrogens with two attached hydrogens (primary N) is 1. The average Bonchev–Trinajstić information content (AvgIpc) is 2.55. The first-order valence-corrected chi connectivity index (χ1v) is 8.30. The van der Waals surface area contributed by atoms with E-state index in [1.165, 1.54) is 6.42 Å². The minimum Gasteiger partial charge on any atom is -0.493 e. The maximum Gasteiger partial charge on any atom is 0.123 e. The summed E-state index contributed by atoms with van der Waals surface area (Å²) in [6.07, 6.45) is 5.96. The molecule has 1 aliphatic heterocycles. The lowest BCUT2D eigenvalue weighted by atomic mass is 9.58. The average molecular weight is 289 g/mol. The van der Waals surface area contributed by atoms with Gasteiger partial charge in [-0.3, -0.25) is 0 Å². The molecule has 0 aromatic heterocycles. The fourth-order valence-electron chi connectivity index (χ4n) is 4.39. The molecule has 0 bridgehead atoms. The minimum absolute atomic E-state index is 0.347. The molecule has 3 rings (SSSR count). The number of hydrogen-bond donors (Lipinski definition) is 2. The van der Waals surface area contributed by atoms with E-state index in [0.717, 1.165) is 49.3 Å². The van der Waals surface area contributed by atoms with Crippen LogP contribution in [0.25, 0.3) is 0 Å². The van der Waals surface area contributed by atoms with E-state index in [-0.39, 0.29) is 5.41 Å². The van der Waals surface area contributed by atoms with Crippen LogP contribution in [0.3, 0.4) is 0 Å². The van der Waals surface area contributed by atoms with Gasteiger partial charge in [0, 0.05) is 17.5 Å². The zero-order valence-electron chi connectivity index (χ0n) is 13.0. The Labute approximate surface area is 127 Å². The van der Waals surface area contributed by atoms with Gasteiger partial charge < -0.3 is 15.6 Å². The van der Waals surface area contributed by atoms with E-state index in [1.54, 1.807) is 0 Å². The second-order valence-electron chi connectivity index (χ2n) is 6.76. The quantitative estimate of drug-likeness (QED) is 0.899. The summed E-state index contributed by atoms with van der Waals surface area (Å²) in [5, 5.41) is 11.5. The van der Waals surface area contributed by atoms with Crippen molar-refractivity contribution in [1.29, 1.82) is 0 Å². The molecule has 116 valence electrons. The molecule has 0 spiro atoms. The van der Waals surface area contributed by atoms with Gasteiger partial charge in [-0.25, -0.2) is 0 Å². The van der Waals surface area contributed by atoms with Crippen molar-refractivity contribution in [1.82, 2.24) is 0 Å². The zero-order valence-corrected chi connectivity index (χ0v) is 13.0. The van der Waals surface area contributed by atoms with Crippen molar-refractivity contribution >= 4 is 0 Å². The Hall–Kier alpha value is -1.06. The molecule has 1 fully saturated rings. The Morgan fingerprint density at radius 1 is 1.24 bits per heavy atom. The summed E-state index contributed by atoms with van der Waals surface area (Å²) in [6.45, 7) is 3.38. The van der Waals surface area contributed by atoms with Crippen LogP contribution in [-0.4, -0.2) is 23.9 Å². The van der Waals surface area contributed by atoms with Gasteiger partial charge in [-0.1, -0.05) is 31.5 Å². The number of benzene rings is 1. The highest BCUT2D eigenvalue weighted by molar-refractivity contribution is 5.44. The molecule has 2 aliphatic rings. The van der Waals surface area contributed by atoms with Gasteiger partial charge in [0.05, 0.1) is 12.2 Å². The van der Waals surface area contributed by atoms with Gasteiger partial charge in [0.1, 0.15) is 5.75 Å². The van der Waals surface area contributed by atoms with Crippen molar-refractivity contribution in [3.8, 4) is 5.75 Å². The highest BCUT2D eigenvalue weighted by Gasteiger charge is 2.53. The molecule has 3 heteroatoms. The van der Waals surface area contributed by atoms with E-state index in [4.69, 9.17) is 10.5 Å². The normalized spacial score (nSPS) is 35.9. The molecule has 1 aliphatic carbocycles. The summed E-state index contributed by atoms with van der Waals surface area (Å²) >= 11 is 0. The lowest BCUT2D eigenvalue weighted by Gasteiger charge is -2.52. The number of aliphatic hydroxyl groups is 1. The van der Waals surface area contributed by atoms with Crippen LogP contribution in [0.4, 0.5) is 0 Å². The molecule has 21 heavy (non-hydrogen) atoms. The topological polar surface area (TPSA) is 55.5 Å². The van der Waals surface area contributed by atoms with E-state index in [9.17, 15) is 5.11 Å². The van der Waals surface area contributed by atoms with Crippen molar-refractivity contribution in [3.05, 3.63) is 29.8 Å². The second-order valence-corrected chi connectivity index (χ2v) is 6.76. The lowest BCUT2D eigenvalue weighted by Crippen LogP contribution is -2.59. The summed E-state index contributed by atoms with van der Waals surface area (Å²) in [6, 6.07) is 8.10. The Bertz CT molecular complexity index is 494. The third-order valence-corrected chi connectivity index (χ3v) is 5.94. The number of hydrogen-bond acceptors (Lipinski definition) is 3. The first-order valence-electron chi connectivity index (χ1n) is 8.30. The number of para-hydroxylation sites is 1. The van der Waals surface area contributed by atoms with Crippen LogP contribution in [0.15, 0.2) is 24.3 Å². The maximum atomic E-state index is 11.5. The lowest BCUT2D eigenvalue weighted by molar-refractivity contribution is -0.0873. The number of rotatable bonds is 3. The summed E-state index contributed by atoms with van der Waals surface area (Å²) in [7, 11) is 0. The maximum absolute atomic E-state index is 11.5. The van der Waals surface area contributed by atoms with Crippen LogP contribution in [0, 0.1) is 5.92 Å². The second kappa shape index (κ2) is 5.62. The first-order chi connectivity index (χ1) is 10.1. The van der Waals surface area contributed by atoms with Crippen LogP contribution in [0.5, 0.6) is 5.75 Å². The van der Waals surface area contributed by atoms with Crippen LogP contribution in [0.1, 0.15) is 51.0 Å². The van der Waals surface area contributed by atoms with Gasteiger partial charge in [-0.2, -0.15) is 0 Å².